The summed E-state index contributed by atoms with van der Waals surface area (Å²) in [5, 5.41) is 3.56. The maximum Gasteiger partial charge on any atom is 0.330 e. The fraction of sp³-hybridized carbons (Fsp3) is 0.286. The quantitative estimate of drug-likeness (QED) is 0.323. The molecule has 1 aliphatic rings. The topological polar surface area (TPSA) is 128 Å². The SMILES string of the molecule is COC(=O)/C=C/COc1ccc(Cl)cc1N1C(=O)C(NCC(N)=O)=C(C(=O)C(C)(C)C)C1c1ccc(Cl)cc1. The summed E-state index contributed by atoms with van der Waals surface area (Å²) in [6.45, 7) is 4.83. The summed E-state index contributed by atoms with van der Waals surface area (Å²) in [6.07, 6.45) is 2.67. The molecule has 3 rings (SSSR count). The molecular formula is C28H29Cl2N3O6. The Morgan fingerprint density at radius 3 is 2.31 bits per heavy atom. The second-order valence-corrected chi connectivity index (χ2v) is 10.5. The molecular weight excluding hydrogens is 545 g/mol. The van der Waals surface area contributed by atoms with Gasteiger partial charge >= 0.3 is 5.97 Å². The van der Waals surface area contributed by atoms with E-state index >= 15 is 0 Å². The standard InChI is InChI=1S/C28H29Cl2N3O6/c1-28(2,3)26(36)23-24(32-15-21(31)34)27(37)33(25(23)16-7-9-17(29)10-8-16)19-14-18(30)11-12-20(19)39-13-5-6-22(35)38-4/h5-12,14,25,32H,13,15H2,1-4H3,(H2,31,34)/b6-5+. The number of hydrogen-bond acceptors (Lipinski definition) is 7. The number of rotatable bonds is 10. The minimum absolute atomic E-state index is 0.0225. The van der Waals surface area contributed by atoms with Crippen LogP contribution in [0.1, 0.15) is 32.4 Å². The Kier molecular flexibility index (Phi) is 9.42. The average molecular weight is 574 g/mol. The van der Waals surface area contributed by atoms with Gasteiger partial charge in [0.1, 0.15) is 18.1 Å². The Hall–Kier alpha value is -3.82. The number of anilines is 1. The van der Waals surface area contributed by atoms with Crippen LogP contribution in [0.15, 0.2) is 65.9 Å². The zero-order chi connectivity index (χ0) is 28.9. The number of benzene rings is 2. The molecule has 0 saturated carbocycles. The summed E-state index contributed by atoms with van der Waals surface area (Å²) < 4.78 is 10.5. The van der Waals surface area contributed by atoms with E-state index in [1.54, 1.807) is 57.2 Å². The van der Waals surface area contributed by atoms with E-state index in [1.807, 2.05) is 0 Å². The number of amides is 2. The van der Waals surface area contributed by atoms with Gasteiger partial charge in [0.25, 0.3) is 5.91 Å². The van der Waals surface area contributed by atoms with Gasteiger partial charge in [0, 0.05) is 21.5 Å². The van der Waals surface area contributed by atoms with Crippen LogP contribution in [0.4, 0.5) is 5.69 Å². The van der Waals surface area contributed by atoms with Crippen LogP contribution in [-0.2, 0) is 23.9 Å². The Labute approximate surface area is 236 Å². The molecule has 1 atom stereocenters. The molecule has 3 N–H and O–H groups in total. The zero-order valence-corrected chi connectivity index (χ0v) is 23.4. The lowest BCUT2D eigenvalue weighted by molar-refractivity contribution is -0.135. The third kappa shape index (κ3) is 6.99. The molecule has 9 nitrogen and oxygen atoms in total. The number of methoxy groups -OCH3 is 1. The number of Topliss-reactive ketones (excluding diaryl/α,β-unsaturated/α-hetero) is 1. The molecule has 2 amide bonds. The molecule has 2 aromatic carbocycles. The van der Waals surface area contributed by atoms with Gasteiger partial charge in [-0.1, -0.05) is 56.1 Å². The van der Waals surface area contributed by atoms with Crippen molar-refractivity contribution in [3.63, 3.8) is 0 Å². The highest BCUT2D eigenvalue weighted by atomic mass is 35.5. The first-order valence-electron chi connectivity index (χ1n) is 11.9. The van der Waals surface area contributed by atoms with Gasteiger partial charge in [-0.05, 0) is 42.0 Å². The lowest BCUT2D eigenvalue weighted by Crippen LogP contribution is -2.35. The summed E-state index contributed by atoms with van der Waals surface area (Å²) in [4.78, 5) is 52.3. The van der Waals surface area contributed by atoms with Gasteiger partial charge in [-0.15, -0.1) is 0 Å². The van der Waals surface area contributed by atoms with E-state index in [0.29, 0.717) is 15.6 Å². The molecule has 2 aromatic rings. The minimum atomic E-state index is -0.914. The lowest BCUT2D eigenvalue weighted by atomic mass is 9.82. The first-order chi connectivity index (χ1) is 18.3. The van der Waals surface area contributed by atoms with Crippen LogP contribution in [0.5, 0.6) is 5.75 Å². The first-order valence-corrected chi connectivity index (χ1v) is 12.7. The molecule has 0 bridgehead atoms. The molecule has 1 unspecified atom stereocenters. The van der Waals surface area contributed by atoms with E-state index in [9.17, 15) is 19.2 Å². The predicted molar refractivity (Wildman–Crippen MR) is 148 cm³/mol. The van der Waals surface area contributed by atoms with Crippen LogP contribution in [0.3, 0.4) is 0 Å². The fourth-order valence-corrected chi connectivity index (χ4v) is 4.26. The van der Waals surface area contributed by atoms with Crippen molar-refractivity contribution in [2.75, 3.05) is 25.2 Å². The summed E-state index contributed by atoms with van der Waals surface area (Å²) in [5.41, 5.74) is 5.45. The highest BCUT2D eigenvalue weighted by Gasteiger charge is 2.47. The van der Waals surface area contributed by atoms with Crippen LogP contribution < -0.4 is 20.7 Å². The van der Waals surface area contributed by atoms with E-state index in [-0.39, 0.29) is 41.6 Å². The molecule has 0 aliphatic carbocycles. The number of nitrogens with one attached hydrogen (secondary N) is 1. The minimum Gasteiger partial charge on any atom is -0.487 e. The lowest BCUT2D eigenvalue weighted by Gasteiger charge is -2.30. The van der Waals surface area contributed by atoms with E-state index in [4.69, 9.17) is 33.7 Å². The Bertz CT molecular complexity index is 1350. The van der Waals surface area contributed by atoms with Crippen molar-refractivity contribution in [2.45, 2.75) is 26.8 Å². The van der Waals surface area contributed by atoms with Gasteiger partial charge in [0.05, 0.1) is 31.0 Å². The molecule has 0 spiro atoms. The zero-order valence-electron chi connectivity index (χ0n) is 21.9. The highest BCUT2D eigenvalue weighted by molar-refractivity contribution is 6.31. The van der Waals surface area contributed by atoms with Crippen molar-refractivity contribution >= 4 is 52.5 Å². The van der Waals surface area contributed by atoms with Gasteiger partial charge in [0.15, 0.2) is 5.78 Å². The molecule has 39 heavy (non-hydrogen) atoms. The fourth-order valence-electron chi connectivity index (χ4n) is 3.97. The van der Waals surface area contributed by atoms with E-state index < -0.39 is 29.2 Å². The van der Waals surface area contributed by atoms with Crippen LogP contribution in [0.2, 0.25) is 10.0 Å². The summed E-state index contributed by atoms with van der Waals surface area (Å²) in [6, 6.07) is 10.5. The number of carbonyl (C=O) groups is 4. The Balaban J connectivity index is 2.21. The van der Waals surface area contributed by atoms with Crippen molar-refractivity contribution in [1.82, 2.24) is 5.32 Å². The van der Waals surface area contributed by atoms with Gasteiger partial charge in [-0.25, -0.2) is 4.79 Å². The van der Waals surface area contributed by atoms with Gasteiger partial charge in [0.2, 0.25) is 5.91 Å². The smallest absolute Gasteiger partial charge is 0.330 e. The first kappa shape index (κ1) is 29.7. The summed E-state index contributed by atoms with van der Waals surface area (Å²) in [7, 11) is 1.26. The number of hydrogen-bond donors (Lipinski definition) is 2. The monoisotopic (exact) mass is 573 g/mol. The Morgan fingerprint density at radius 1 is 1.08 bits per heavy atom. The van der Waals surface area contributed by atoms with Gasteiger partial charge < -0.3 is 20.5 Å². The number of halogens is 2. The number of nitrogens with zero attached hydrogens (tertiary/aromatic N) is 1. The molecule has 0 saturated heterocycles. The number of primary amides is 1. The maximum atomic E-state index is 14.0. The van der Waals surface area contributed by atoms with Crippen molar-refractivity contribution in [3.8, 4) is 5.75 Å². The van der Waals surface area contributed by atoms with Crippen molar-refractivity contribution < 1.29 is 28.7 Å². The normalized spacial score (nSPS) is 15.6. The molecule has 1 heterocycles. The third-order valence-corrected chi connectivity index (χ3v) is 6.24. The van der Waals surface area contributed by atoms with Crippen molar-refractivity contribution in [3.05, 3.63) is 81.5 Å². The van der Waals surface area contributed by atoms with Crippen molar-refractivity contribution in [1.29, 1.82) is 0 Å². The third-order valence-electron chi connectivity index (χ3n) is 5.76. The molecule has 1 aliphatic heterocycles. The van der Waals surface area contributed by atoms with E-state index in [2.05, 4.69) is 10.1 Å². The molecule has 0 aromatic heterocycles. The van der Waals surface area contributed by atoms with Crippen LogP contribution in [-0.4, -0.2) is 43.8 Å². The van der Waals surface area contributed by atoms with Gasteiger partial charge in [-0.2, -0.15) is 0 Å². The number of ketones is 1. The van der Waals surface area contributed by atoms with Crippen molar-refractivity contribution in [2.24, 2.45) is 11.1 Å². The molecule has 11 heteroatoms. The predicted octanol–water partition coefficient (Wildman–Crippen LogP) is 4.13. The number of esters is 1. The maximum absolute atomic E-state index is 14.0. The van der Waals surface area contributed by atoms with Gasteiger partial charge in [-0.3, -0.25) is 19.3 Å². The van der Waals surface area contributed by atoms with E-state index in [0.717, 1.165) is 0 Å². The second-order valence-electron chi connectivity index (χ2n) is 9.67. The van der Waals surface area contributed by atoms with Crippen LogP contribution >= 0.6 is 23.2 Å². The summed E-state index contributed by atoms with van der Waals surface area (Å²) in [5.74, 6) is -1.88. The number of ether oxygens (including phenoxy) is 2. The summed E-state index contributed by atoms with van der Waals surface area (Å²) >= 11 is 12.5. The molecule has 206 valence electrons. The molecule has 0 fully saturated rings. The molecule has 0 radical (unpaired) electrons. The average Bonchev–Trinajstić information content (AvgIpc) is 3.16. The highest BCUT2D eigenvalue weighted by Crippen LogP contribution is 2.46. The number of nitrogens with two attached hydrogens (primary N) is 1. The number of carbonyl (C=O) groups excluding carboxylic acids is 4. The second kappa shape index (κ2) is 12.4. The largest absolute Gasteiger partial charge is 0.487 e. The Morgan fingerprint density at radius 2 is 1.72 bits per heavy atom. The van der Waals surface area contributed by atoms with E-state index in [1.165, 1.54) is 30.2 Å². The van der Waals surface area contributed by atoms with Crippen LogP contribution in [0.25, 0.3) is 0 Å². The van der Waals surface area contributed by atoms with Crippen LogP contribution in [0, 0.1) is 5.41 Å².